The van der Waals surface area contributed by atoms with E-state index in [-0.39, 0.29) is 10.5 Å². The van der Waals surface area contributed by atoms with Gasteiger partial charge in [0.15, 0.2) is 4.77 Å². The molecule has 10 nitrogen and oxygen atoms in total. The number of ether oxygens (including phenoxy) is 1. The molecular weight excluding hydrogens is 420 g/mol. The number of nitrogens with zero attached hydrogens (tertiary/aromatic N) is 3. The zero-order chi connectivity index (χ0) is 21.2. The highest BCUT2D eigenvalue weighted by atomic mass is 32.2. The van der Waals surface area contributed by atoms with E-state index >= 15 is 0 Å². The molecule has 0 amide bonds. The van der Waals surface area contributed by atoms with Crippen LogP contribution in [0.5, 0.6) is 11.6 Å². The van der Waals surface area contributed by atoms with Crippen LogP contribution in [0.3, 0.4) is 0 Å². The first-order chi connectivity index (χ1) is 13.7. The topological polar surface area (TPSA) is 149 Å². The number of aromatic amines is 1. The van der Waals surface area contributed by atoms with Gasteiger partial charge < -0.3 is 14.4 Å². The van der Waals surface area contributed by atoms with Gasteiger partial charge >= 0.3 is 0 Å². The van der Waals surface area contributed by atoms with E-state index in [9.17, 15) is 22.9 Å². The second-order valence-electron chi connectivity index (χ2n) is 5.59. The van der Waals surface area contributed by atoms with E-state index < -0.39 is 32.1 Å². The maximum absolute atomic E-state index is 12.2. The molecule has 3 rings (SSSR count). The fraction of sp³-hybridized carbons (Fsp3) is 0.0588. The molecule has 0 fully saturated rings. The summed E-state index contributed by atoms with van der Waals surface area (Å²) in [6.07, 6.45) is 0. The van der Waals surface area contributed by atoms with Crippen molar-refractivity contribution in [2.75, 3.05) is 7.11 Å². The SMILES string of the molecule is COc1ccccc1-n1c(O)c(N=Nc2ccc(S(=O)(=O)[O-])cc2)c(=O)[nH]c1=S. The summed E-state index contributed by atoms with van der Waals surface area (Å²) < 4.78 is 39.2. The van der Waals surface area contributed by atoms with Crippen LogP contribution in [-0.2, 0) is 10.1 Å². The minimum Gasteiger partial charge on any atom is -0.744 e. The molecule has 2 aromatic carbocycles. The highest BCUT2D eigenvalue weighted by molar-refractivity contribution is 7.85. The molecule has 12 heteroatoms. The third-order valence-corrected chi connectivity index (χ3v) is 4.91. The van der Waals surface area contributed by atoms with Gasteiger partial charge in [-0.3, -0.25) is 14.3 Å². The van der Waals surface area contributed by atoms with Gasteiger partial charge in [0, 0.05) is 0 Å². The van der Waals surface area contributed by atoms with Crippen LogP contribution in [0.1, 0.15) is 0 Å². The number of hydrogen-bond acceptors (Lipinski definition) is 9. The van der Waals surface area contributed by atoms with Crippen molar-refractivity contribution < 1.29 is 22.8 Å². The number of hydrogen-bond donors (Lipinski definition) is 2. The summed E-state index contributed by atoms with van der Waals surface area (Å²) in [6.45, 7) is 0. The van der Waals surface area contributed by atoms with Crippen molar-refractivity contribution in [1.82, 2.24) is 9.55 Å². The first-order valence-electron chi connectivity index (χ1n) is 7.92. The number of methoxy groups -OCH3 is 1. The Hall–Kier alpha value is -3.35. The Bertz CT molecular complexity index is 1310. The first-order valence-corrected chi connectivity index (χ1v) is 9.73. The monoisotopic (exact) mass is 433 g/mol. The van der Waals surface area contributed by atoms with Crippen LogP contribution >= 0.6 is 12.2 Å². The summed E-state index contributed by atoms with van der Waals surface area (Å²) in [5, 5.41) is 18.1. The Labute approximate surface area is 169 Å². The van der Waals surface area contributed by atoms with Gasteiger partial charge in [-0.15, -0.1) is 5.11 Å². The number of nitrogens with one attached hydrogen (secondary N) is 1. The lowest BCUT2D eigenvalue weighted by Gasteiger charge is -2.13. The average Bonchev–Trinajstić information content (AvgIpc) is 2.67. The molecular formula is C17H13N4O6S2-. The van der Waals surface area contributed by atoms with Crippen molar-refractivity contribution in [2.24, 2.45) is 10.2 Å². The molecule has 0 aliphatic rings. The molecule has 3 aromatic rings. The fourth-order valence-corrected chi connectivity index (χ4v) is 3.18. The first kappa shape index (κ1) is 20.4. The molecule has 0 aliphatic heterocycles. The van der Waals surface area contributed by atoms with Gasteiger partial charge in [0.25, 0.3) is 5.56 Å². The van der Waals surface area contributed by atoms with Gasteiger partial charge in [0.1, 0.15) is 15.9 Å². The van der Waals surface area contributed by atoms with E-state index in [0.717, 1.165) is 16.7 Å². The summed E-state index contributed by atoms with van der Waals surface area (Å²) >= 11 is 5.14. The number of aromatic nitrogens is 2. The van der Waals surface area contributed by atoms with Crippen molar-refractivity contribution >= 4 is 33.7 Å². The second-order valence-corrected chi connectivity index (χ2v) is 7.35. The zero-order valence-corrected chi connectivity index (χ0v) is 16.4. The molecule has 0 saturated heterocycles. The van der Waals surface area contributed by atoms with Gasteiger partial charge in [0.2, 0.25) is 11.6 Å². The summed E-state index contributed by atoms with van der Waals surface area (Å²) in [5.41, 5.74) is -0.677. The van der Waals surface area contributed by atoms with Crippen molar-refractivity contribution in [2.45, 2.75) is 4.90 Å². The number of rotatable bonds is 5. The molecule has 150 valence electrons. The average molecular weight is 433 g/mol. The molecule has 1 heterocycles. The molecule has 0 aliphatic carbocycles. The van der Waals surface area contributed by atoms with Crippen LogP contribution < -0.4 is 10.3 Å². The quantitative estimate of drug-likeness (QED) is 0.357. The Morgan fingerprint density at radius 1 is 1.14 bits per heavy atom. The van der Waals surface area contributed by atoms with Crippen LogP contribution in [0.2, 0.25) is 0 Å². The lowest BCUT2D eigenvalue weighted by Crippen LogP contribution is -2.13. The van der Waals surface area contributed by atoms with E-state index in [2.05, 4.69) is 15.2 Å². The van der Waals surface area contributed by atoms with E-state index in [1.807, 2.05) is 0 Å². The minimum atomic E-state index is -4.59. The predicted molar refractivity (Wildman–Crippen MR) is 104 cm³/mol. The summed E-state index contributed by atoms with van der Waals surface area (Å²) in [5.74, 6) is -0.172. The smallest absolute Gasteiger partial charge is 0.283 e. The molecule has 2 N–H and O–H groups in total. The van der Waals surface area contributed by atoms with E-state index in [1.54, 1.807) is 24.3 Å². The summed E-state index contributed by atoms with van der Waals surface area (Å²) in [6, 6.07) is 11.3. The molecule has 1 aromatic heterocycles. The molecule has 0 bridgehead atoms. The maximum atomic E-state index is 12.2. The number of benzene rings is 2. The van der Waals surface area contributed by atoms with E-state index in [0.29, 0.717) is 11.4 Å². The predicted octanol–water partition coefficient (Wildman–Crippen LogP) is 2.93. The number of aromatic hydroxyl groups is 1. The van der Waals surface area contributed by atoms with Crippen LogP contribution in [-0.4, -0.2) is 34.7 Å². The summed E-state index contributed by atoms with van der Waals surface area (Å²) in [4.78, 5) is 14.2. The minimum absolute atomic E-state index is 0.0824. The van der Waals surface area contributed by atoms with Gasteiger partial charge in [-0.05, 0) is 48.6 Å². The molecule has 0 atom stereocenters. The van der Waals surface area contributed by atoms with E-state index in [1.165, 1.54) is 19.2 Å². The molecule has 0 unspecified atom stereocenters. The Morgan fingerprint density at radius 2 is 1.79 bits per heavy atom. The van der Waals surface area contributed by atoms with Crippen LogP contribution in [0.25, 0.3) is 5.69 Å². The third kappa shape index (κ3) is 4.23. The highest BCUT2D eigenvalue weighted by Gasteiger charge is 2.16. The van der Waals surface area contributed by atoms with Gasteiger partial charge in [-0.2, -0.15) is 5.11 Å². The lowest BCUT2D eigenvalue weighted by atomic mass is 10.3. The highest BCUT2D eigenvalue weighted by Crippen LogP contribution is 2.31. The normalized spacial score (nSPS) is 11.7. The van der Waals surface area contributed by atoms with Crippen molar-refractivity contribution in [1.29, 1.82) is 0 Å². The number of H-pyrrole nitrogens is 1. The van der Waals surface area contributed by atoms with Crippen molar-refractivity contribution in [3.05, 3.63) is 63.7 Å². The van der Waals surface area contributed by atoms with Gasteiger partial charge in [-0.1, -0.05) is 12.1 Å². The molecule has 0 spiro atoms. The largest absolute Gasteiger partial charge is 0.744 e. The van der Waals surface area contributed by atoms with E-state index in [4.69, 9.17) is 17.0 Å². The Kier molecular flexibility index (Phi) is 5.59. The zero-order valence-electron chi connectivity index (χ0n) is 14.8. The van der Waals surface area contributed by atoms with Crippen LogP contribution in [0.4, 0.5) is 11.4 Å². The lowest BCUT2D eigenvalue weighted by molar-refractivity contribution is 0.403. The second kappa shape index (κ2) is 7.95. The summed E-state index contributed by atoms with van der Waals surface area (Å²) in [7, 11) is -3.15. The van der Waals surface area contributed by atoms with Gasteiger partial charge in [-0.25, -0.2) is 8.42 Å². The maximum Gasteiger partial charge on any atom is 0.283 e. The Morgan fingerprint density at radius 3 is 2.41 bits per heavy atom. The number of azo groups is 1. The standard InChI is InChI=1S/C17H14N4O6S2/c1-27-13-5-3-2-4-12(13)21-16(23)14(15(22)18-17(21)28)20-19-10-6-8-11(9-7-10)29(24,25)26/h2-9,23H,1H3,(H,18,22,28)(H,24,25,26)/p-1. The Balaban J connectivity index is 2.08. The third-order valence-electron chi connectivity index (χ3n) is 3.78. The van der Waals surface area contributed by atoms with Crippen LogP contribution in [0, 0.1) is 4.77 Å². The van der Waals surface area contributed by atoms with Crippen molar-refractivity contribution in [3.8, 4) is 17.3 Å². The van der Waals surface area contributed by atoms with Crippen molar-refractivity contribution in [3.63, 3.8) is 0 Å². The number of para-hydroxylation sites is 2. The molecule has 0 saturated carbocycles. The molecule has 0 radical (unpaired) electrons. The fourth-order valence-electron chi connectivity index (χ4n) is 2.43. The van der Waals surface area contributed by atoms with Gasteiger partial charge in [0.05, 0.1) is 23.4 Å². The van der Waals surface area contributed by atoms with Crippen LogP contribution in [0.15, 0.2) is 68.4 Å². The molecule has 29 heavy (non-hydrogen) atoms.